The first kappa shape index (κ1) is 12.2. The van der Waals surface area contributed by atoms with Gasteiger partial charge in [-0.1, -0.05) is 58.6 Å². The number of aryl methyl sites for hydroxylation is 2. The van der Waals surface area contributed by atoms with Crippen LogP contribution in [0, 0.1) is 12.8 Å². The lowest BCUT2D eigenvalue weighted by molar-refractivity contribution is 0.506. The van der Waals surface area contributed by atoms with Crippen LogP contribution in [0.1, 0.15) is 43.2 Å². The van der Waals surface area contributed by atoms with Crippen LogP contribution in [0.4, 0.5) is 0 Å². The van der Waals surface area contributed by atoms with Crippen LogP contribution >= 0.6 is 15.9 Å². The van der Waals surface area contributed by atoms with Gasteiger partial charge in [-0.15, -0.1) is 0 Å². The van der Waals surface area contributed by atoms with Crippen molar-refractivity contribution in [3.05, 3.63) is 35.4 Å². The molecule has 0 heterocycles. The van der Waals surface area contributed by atoms with Crippen molar-refractivity contribution in [3.8, 4) is 0 Å². The number of alkyl halides is 1. The van der Waals surface area contributed by atoms with Crippen molar-refractivity contribution < 1.29 is 0 Å². The van der Waals surface area contributed by atoms with E-state index in [-0.39, 0.29) is 0 Å². The highest BCUT2D eigenvalue weighted by atomic mass is 79.9. The molecule has 1 aromatic rings. The van der Waals surface area contributed by atoms with Gasteiger partial charge in [-0.25, -0.2) is 0 Å². The SMILES string of the molecule is Cc1ccc(CCC(Br)C2CCCC2)cc1. The molecule has 0 radical (unpaired) electrons. The summed E-state index contributed by atoms with van der Waals surface area (Å²) in [5.74, 6) is 0.936. The first-order valence-corrected chi connectivity index (χ1v) is 7.37. The minimum absolute atomic E-state index is 0.733. The van der Waals surface area contributed by atoms with Gasteiger partial charge in [-0.2, -0.15) is 0 Å². The maximum Gasteiger partial charge on any atom is 0.0177 e. The fourth-order valence-corrected chi connectivity index (χ4v) is 3.37. The smallest absolute Gasteiger partial charge is 0.0177 e. The van der Waals surface area contributed by atoms with Crippen LogP contribution in [0.3, 0.4) is 0 Å². The van der Waals surface area contributed by atoms with Gasteiger partial charge in [0.25, 0.3) is 0 Å². The lowest BCUT2D eigenvalue weighted by atomic mass is 9.98. The summed E-state index contributed by atoms with van der Waals surface area (Å²) >= 11 is 3.88. The van der Waals surface area contributed by atoms with Crippen LogP contribution in [0.5, 0.6) is 0 Å². The Labute approximate surface area is 108 Å². The van der Waals surface area contributed by atoms with Gasteiger partial charge in [0.15, 0.2) is 0 Å². The highest BCUT2D eigenvalue weighted by Crippen LogP contribution is 2.33. The molecule has 0 N–H and O–H groups in total. The molecule has 1 atom stereocenters. The minimum Gasteiger partial charge on any atom is -0.0888 e. The van der Waals surface area contributed by atoms with E-state index in [1.807, 2.05) is 0 Å². The number of hydrogen-bond acceptors (Lipinski definition) is 0. The second-order valence-electron chi connectivity index (χ2n) is 5.08. The average molecular weight is 281 g/mol. The van der Waals surface area contributed by atoms with Crippen LogP contribution in [-0.2, 0) is 6.42 Å². The van der Waals surface area contributed by atoms with Gasteiger partial charge in [0.1, 0.15) is 0 Å². The zero-order chi connectivity index (χ0) is 11.4. The Balaban J connectivity index is 1.80. The highest BCUT2D eigenvalue weighted by Gasteiger charge is 2.22. The zero-order valence-corrected chi connectivity index (χ0v) is 11.7. The first-order valence-electron chi connectivity index (χ1n) is 6.45. The molecule has 0 saturated heterocycles. The molecule has 16 heavy (non-hydrogen) atoms. The predicted octanol–water partition coefficient (Wildman–Crippen LogP) is 4.88. The summed E-state index contributed by atoms with van der Waals surface area (Å²) in [4.78, 5) is 0.733. The first-order chi connectivity index (χ1) is 7.75. The Morgan fingerprint density at radius 1 is 1.19 bits per heavy atom. The van der Waals surface area contributed by atoms with E-state index in [1.54, 1.807) is 0 Å². The predicted molar refractivity (Wildman–Crippen MR) is 74.2 cm³/mol. The Hall–Kier alpha value is -0.300. The van der Waals surface area contributed by atoms with Gasteiger partial charge < -0.3 is 0 Å². The summed E-state index contributed by atoms with van der Waals surface area (Å²) in [5, 5.41) is 0. The van der Waals surface area contributed by atoms with Crippen LogP contribution in [0.25, 0.3) is 0 Å². The van der Waals surface area contributed by atoms with Crippen LogP contribution in [0.15, 0.2) is 24.3 Å². The van der Waals surface area contributed by atoms with Gasteiger partial charge in [0.2, 0.25) is 0 Å². The molecule has 1 fully saturated rings. The van der Waals surface area contributed by atoms with E-state index < -0.39 is 0 Å². The second-order valence-corrected chi connectivity index (χ2v) is 6.26. The Morgan fingerprint density at radius 2 is 1.81 bits per heavy atom. The number of halogens is 1. The van der Waals surface area contributed by atoms with Gasteiger partial charge in [-0.05, 0) is 44.1 Å². The molecule has 0 aliphatic heterocycles. The Kier molecular flexibility index (Phi) is 4.45. The van der Waals surface area contributed by atoms with Crippen LogP contribution in [-0.4, -0.2) is 4.83 Å². The van der Waals surface area contributed by atoms with Crippen LogP contribution in [0.2, 0.25) is 0 Å². The highest BCUT2D eigenvalue weighted by molar-refractivity contribution is 9.09. The average Bonchev–Trinajstić information content (AvgIpc) is 2.81. The molecule has 1 unspecified atom stereocenters. The topological polar surface area (TPSA) is 0 Å². The van der Waals surface area contributed by atoms with Crippen LogP contribution < -0.4 is 0 Å². The van der Waals surface area contributed by atoms with E-state index in [2.05, 4.69) is 47.1 Å². The molecule has 0 spiro atoms. The third-order valence-corrected chi connectivity index (χ3v) is 4.95. The molecular weight excluding hydrogens is 260 g/mol. The molecular formula is C15H21Br. The second kappa shape index (κ2) is 5.86. The molecule has 1 saturated carbocycles. The zero-order valence-electron chi connectivity index (χ0n) is 10.1. The van der Waals surface area contributed by atoms with E-state index in [9.17, 15) is 0 Å². The molecule has 1 aliphatic carbocycles. The molecule has 1 aliphatic rings. The third kappa shape index (κ3) is 3.35. The Morgan fingerprint density at radius 3 is 2.44 bits per heavy atom. The van der Waals surface area contributed by atoms with E-state index in [1.165, 1.54) is 49.7 Å². The summed E-state index contributed by atoms with van der Waals surface area (Å²) < 4.78 is 0. The molecule has 0 nitrogen and oxygen atoms in total. The lowest BCUT2D eigenvalue weighted by Gasteiger charge is -2.16. The molecule has 1 aromatic carbocycles. The fourth-order valence-electron chi connectivity index (χ4n) is 2.61. The maximum absolute atomic E-state index is 3.88. The van der Waals surface area contributed by atoms with Gasteiger partial charge in [0, 0.05) is 4.83 Å². The summed E-state index contributed by atoms with van der Waals surface area (Å²) in [6.45, 7) is 2.15. The quantitative estimate of drug-likeness (QED) is 0.690. The van der Waals surface area contributed by atoms with E-state index in [4.69, 9.17) is 0 Å². The Bertz CT molecular complexity index is 309. The molecule has 0 amide bonds. The molecule has 0 aromatic heterocycles. The van der Waals surface area contributed by atoms with Crippen molar-refractivity contribution in [1.29, 1.82) is 0 Å². The minimum atomic E-state index is 0.733. The molecule has 0 bridgehead atoms. The van der Waals surface area contributed by atoms with Crippen molar-refractivity contribution in [3.63, 3.8) is 0 Å². The monoisotopic (exact) mass is 280 g/mol. The largest absolute Gasteiger partial charge is 0.0888 e. The summed E-state index contributed by atoms with van der Waals surface area (Å²) in [6, 6.07) is 8.97. The number of benzene rings is 1. The van der Waals surface area contributed by atoms with Crippen molar-refractivity contribution in [2.45, 2.75) is 50.3 Å². The third-order valence-electron chi connectivity index (χ3n) is 3.74. The van der Waals surface area contributed by atoms with Crippen molar-refractivity contribution in [1.82, 2.24) is 0 Å². The van der Waals surface area contributed by atoms with E-state index >= 15 is 0 Å². The normalized spacial score (nSPS) is 18.9. The van der Waals surface area contributed by atoms with E-state index in [0.717, 1.165) is 10.7 Å². The number of rotatable bonds is 4. The number of hydrogen-bond donors (Lipinski definition) is 0. The van der Waals surface area contributed by atoms with Gasteiger partial charge >= 0.3 is 0 Å². The summed E-state index contributed by atoms with van der Waals surface area (Å²) in [6.07, 6.45) is 8.25. The van der Waals surface area contributed by atoms with Gasteiger partial charge in [-0.3, -0.25) is 0 Å². The van der Waals surface area contributed by atoms with E-state index in [0.29, 0.717) is 0 Å². The fraction of sp³-hybridized carbons (Fsp3) is 0.600. The standard InChI is InChI=1S/C15H21Br/c1-12-6-8-13(9-7-12)10-11-15(16)14-4-2-3-5-14/h6-9,14-15H,2-5,10-11H2,1H3. The van der Waals surface area contributed by atoms with Crippen molar-refractivity contribution in [2.75, 3.05) is 0 Å². The van der Waals surface area contributed by atoms with Gasteiger partial charge in [0.05, 0.1) is 0 Å². The molecule has 88 valence electrons. The van der Waals surface area contributed by atoms with Crippen molar-refractivity contribution in [2.24, 2.45) is 5.92 Å². The summed E-state index contributed by atoms with van der Waals surface area (Å²) in [7, 11) is 0. The summed E-state index contributed by atoms with van der Waals surface area (Å²) in [5.41, 5.74) is 2.84. The maximum atomic E-state index is 3.88. The molecule has 1 heteroatoms. The lowest BCUT2D eigenvalue weighted by Crippen LogP contribution is -2.11. The molecule has 2 rings (SSSR count). The van der Waals surface area contributed by atoms with Crippen molar-refractivity contribution >= 4 is 15.9 Å².